The van der Waals surface area contributed by atoms with Crippen molar-refractivity contribution in [3.05, 3.63) is 47.2 Å². The number of aromatic nitrogens is 1. The van der Waals surface area contributed by atoms with Gasteiger partial charge in [-0.1, -0.05) is 12.1 Å². The molecule has 0 saturated carbocycles. The molecular formula is C18H24N2O2. The van der Waals surface area contributed by atoms with Crippen LogP contribution in [0, 0.1) is 13.8 Å². The molecule has 1 aromatic heterocycles. The third-order valence-electron chi connectivity index (χ3n) is 4.29. The van der Waals surface area contributed by atoms with E-state index in [-0.39, 0.29) is 0 Å². The Morgan fingerprint density at radius 3 is 2.95 bits per heavy atom. The first-order chi connectivity index (χ1) is 10.7. The average molecular weight is 300 g/mol. The summed E-state index contributed by atoms with van der Waals surface area (Å²) in [6.45, 7) is 8.70. The van der Waals surface area contributed by atoms with Gasteiger partial charge in [0, 0.05) is 6.54 Å². The highest BCUT2D eigenvalue weighted by Crippen LogP contribution is 2.33. The lowest BCUT2D eigenvalue weighted by atomic mass is 10.1. The normalized spacial score (nSPS) is 18.8. The maximum absolute atomic E-state index is 5.85. The largest absolute Gasteiger partial charge is 0.494 e. The lowest BCUT2D eigenvalue weighted by molar-refractivity contribution is 0.212. The number of rotatable bonds is 5. The lowest BCUT2D eigenvalue weighted by Crippen LogP contribution is -2.23. The smallest absolute Gasteiger partial charge is 0.211 e. The molecule has 2 aromatic rings. The van der Waals surface area contributed by atoms with Gasteiger partial charge in [-0.3, -0.25) is 4.90 Å². The van der Waals surface area contributed by atoms with E-state index in [1.807, 2.05) is 26.8 Å². The van der Waals surface area contributed by atoms with Gasteiger partial charge in [-0.05, 0) is 57.9 Å². The van der Waals surface area contributed by atoms with E-state index in [1.54, 1.807) is 0 Å². The fraction of sp³-hybridized carbons (Fsp3) is 0.500. The molecule has 1 atom stereocenters. The van der Waals surface area contributed by atoms with E-state index in [4.69, 9.17) is 9.15 Å². The minimum Gasteiger partial charge on any atom is -0.494 e. The average Bonchev–Trinajstić information content (AvgIpc) is 3.07. The van der Waals surface area contributed by atoms with Crippen LogP contribution >= 0.6 is 0 Å². The number of hydrogen-bond donors (Lipinski definition) is 0. The first-order valence-electron chi connectivity index (χ1n) is 8.07. The highest BCUT2D eigenvalue weighted by molar-refractivity contribution is 5.28. The van der Waals surface area contributed by atoms with Crippen molar-refractivity contribution in [3.63, 3.8) is 0 Å². The van der Waals surface area contributed by atoms with Crippen molar-refractivity contribution in [2.75, 3.05) is 13.2 Å². The van der Waals surface area contributed by atoms with E-state index in [2.05, 4.69) is 28.1 Å². The summed E-state index contributed by atoms with van der Waals surface area (Å²) in [5.41, 5.74) is 2.28. The maximum Gasteiger partial charge on any atom is 0.211 e. The SMILES string of the molecule is CCOc1cccc(CN2CCCC2c2nc(C)c(C)o2)c1. The zero-order valence-corrected chi connectivity index (χ0v) is 13.6. The molecule has 1 fully saturated rings. The van der Waals surface area contributed by atoms with Gasteiger partial charge in [0.05, 0.1) is 18.3 Å². The Balaban J connectivity index is 1.74. The van der Waals surface area contributed by atoms with Crippen LogP contribution in [-0.4, -0.2) is 23.0 Å². The third-order valence-corrected chi connectivity index (χ3v) is 4.29. The number of nitrogens with zero attached hydrogens (tertiary/aromatic N) is 2. The first kappa shape index (κ1) is 15.1. The summed E-state index contributed by atoms with van der Waals surface area (Å²) in [5, 5.41) is 0. The Morgan fingerprint density at radius 1 is 1.36 bits per heavy atom. The highest BCUT2D eigenvalue weighted by Gasteiger charge is 2.30. The Bertz CT molecular complexity index is 616. The Labute approximate surface area is 132 Å². The molecule has 0 radical (unpaired) electrons. The molecule has 1 aliphatic rings. The molecule has 1 aliphatic heterocycles. The molecule has 0 spiro atoms. The van der Waals surface area contributed by atoms with Gasteiger partial charge in [0.1, 0.15) is 11.5 Å². The van der Waals surface area contributed by atoms with Crippen molar-refractivity contribution in [1.82, 2.24) is 9.88 Å². The quantitative estimate of drug-likeness (QED) is 0.835. The van der Waals surface area contributed by atoms with Crippen LogP contribution in [0.15, 0.2) is 28.7 Å². The summed E-state index contributed by atoms with van der Waals surface area (Å²) in [6, 6.07) is 8.65. The number of benzene rings is 1. The van der Waals surface area contributed by atoms with E-state index in [1.165, 1.54) is 12.0 Å². The predicted octanol–water partition coefficient (Wildman–Crippen LogP) is 4.03. The molecular weight excluding hydrogens is 276 g/mol. The van der Waals surface area contributed by atoms with Crippen molar-refractivity contribution in [3.8, 4) is 5.75 Å². The molecule has 118 valence electrons. The van der Waals surface area contributed by atoms with Crippen molar-refractivity contribution < 1.29 is 9.15 Å². The number of ether oxygens (including phenoxy) is 1. The van der Waals surface area contributed by atoms with Crippen LogP contribution in [0.2, 0.25) is 0 Å². The second-order valence-electron chi connectivity index (χ2n) is 5.90. The maximum atomic E-state index is 5.85. The molecule has 3 rings (SSSR count). The van der Waals surface area contributed by atoms with Crippen LogP contribution in [0.5, 0.6) is 5.75 Å². The molecule has 0 N–H and O–H groups in total. The fourth-order valence-electron chi connectivity index (χ4n) is 3.07. The van der Waals surface area contributed by atoms with Crippen LogP contribution in [-0.2, 0) is 6.54 Å². The molecule has 1 aromatic carbocycles. The van der Waals surface area contributed by atoms with Crippen LogP contribution < -0.4 is 4.74 Å². The zero-order chi connectivity index (χ0) is 15.5. The zero-order valence-electron chi connectivity index (χ0n) is 13.6. The third kappa shape index (κ3) is 3.17. The second-order valence-corrected chi connectivity index (χ2v) is 5.90. The summed E-state index contributed by atoms with van der Waals surface area (Å²) in [6.07, 6.45) is 2.31. The first-order valence-corrected chi connectivity index (χ1v) is 8.07. The van der Waals surface area contributed by atoms with Crippen LogP contribution in [0.25, 0.3) is 0 Å². The molecule has 0 aliphatic carbocycles. The van der Waals surface area contributed by atoms with Gasteiger partial charge in [-0.2, -0.15) is 0 Å². The topological polar surface area (TPSA) is 38.5 Å². The van der Waals surface area contributed by atoms with E-state index >= 15 is 0 Å². The van der Waals surface area contributed by atoms with Gasteiger partial charge in [0.25, 0.3) is 0 Å². The van der Waals surface area contributed by atoms with Gasteiger partial charge in [-0.25, -0.2) is 4.98 Å². The standard InChI is InChI=1S/C18H24N2O2/c1-4-21-16-8-5-7-15(11-16)12-20-10-6-9-17(20)18-19-13(2)14(3)22-18/h5,7-8,11,17H,4,6,9-10,12H2,1-3H3. The summed E-state index contributed by atoms with van der Waals surface area (Å²) in [4.78, 5) is 7.05. The van der Waals surface area contributed by atoms with E-state index in [0.29, 0.717) is 12.6 Å². The number of aryl methyl sites for hydroxylation is 2. The number of likely N-dealkylation sites (tertiary alicyclic amines) is 1. The molecule has 1 unspecified atom stereocenters. The molecule has 2 heterocycles. The van der Waals surface area contributed by atoms with E-state index < -0.39 is 0 Å². The van der Waals surface area contributed by atoms with E-state index in [9.17, 15) is 0 Å². The Morgan fingerprint density at radius 2 is 2.23 bits per heavy atom. The predicted molar refractivity (Wildman–Crippen MR) is 86.0 cm³/mol. The highest BCUT2D eigenvalue weighted by atomic mass is 16.5. The monoisotopic (exact) mass is 300 g/mol. The second kappa shape index (κ2) is 6.53. The van der Waals surface area contributed by atoms with Crippen LogP contribution in [0.1, 0.15) is 48.7 Å². The Kier molecular flexibility index (Phi) is 4.48. The lowest BCUT2D eigenvalue weighted by Gasteiger charge is -2.22. The van der Waals surface area contributed by atoms with Crippen molar-refractivity contribution >= 4 is 0 Å². The number of hydrogen-bond acceptors (Lipinski definition) is 4. The number of oxazole rings is 1. The molecule has 4 nitrogen and oxygen atoms in total. The minimum absolute atomic E-state index is 0.295. The minimum atomic E-state index is 0.295. The van der Waals surface area contributed by atoms with Gasteiger partial charge in [0.2, 0.25) is 5.89 Å². The van der Waals surface area contributed by atoms with Gasteiger partial charge < -0.3 is 9.15 Å². The van der Waals surface area contributed by atoms with Crippen molar-refractivity contribution in [2.45, 2.75) is 46.2 Å². The molecule has 4 heteroatoms. The Hall–Kier alpha value is -1.81. The molecule has 0 bridgehead atoms. The van der Waals surface area contributed by atoms with Crippen LogP contribution in [0.3, 0.4) is 0 Å². The van der Waals surface area contributed by atoms with Gasteiger partial charge in [-0.15, -0.1) is 0 Å². The molecule has 22 heavy (non-hydrogen) atoms. The molecule has 0 amide bonds. The van der Waals surface area contributed by atoms with Crippen molar-refractivity contribution in [1.29, 1.82) is 0 Å². The molecule has 1 saturated heterocycles. The van der Waals surface area contributed by atoms with Crippen molar-refractivity contribution in [2.24, 2.45) is 0 Å². The van der Waals surface area contributed by atoms with Gasteiger partial charge in [0.15, 0.2) is 0 Å². The van der Waals surface area contributed by atoms with Gasteiger partial charge >= 0.3 is 0 Å². The summed E-state index contributed by atoms with van der Waals surface area (Å²) in [5.74, 6) is 2.74. The fourth-order valence-corrected chi connectivity index (χ4v) is 3.07. The van der Waals surface area contributed by atoms with Crippen LogP contribution in [0.4, 0.5) is 0 Å². The summed E-state index contributed by atoms with van der Waals surface area (Å²) in [7, 11) is 0. The summed E-state index contributed by atoms with van der Waals surface area (Å²) < 4.78 is 11.4. The summed E-state index contributed by atoms with van der Waals surface area (Å²) >= 11 is 0. The van der Waals surface area contributed by atoms with E-state index in [0.717, 1.165) is 42.6 Å².